The monoisotopic (exact) mass is 367 g/mol. The summed E-state index contributed by atoms with van der Waals surface area (Å²) < 4.78 is 5.38. The Labute approximate surface area is 159 Å². The molecule has 1 aliphatic rings. The summed E-state index contributed by atoms with van der Waals surface area (Å²) in [6, 6.07) is 13.2. The molecule has 27 heavy (non-hydrogen) atoms. The Kier molecular flexibility index (Phi) is 6.41. The van der Waals surface area contributed by atoms with Crippen molar-refractivity contribution in [1.29, 1.82) is 0 Å². The fourth-order valence-electron chi connectivity index (χ4n) is 3.16. The summed E-state index contributed by atoms with van der Waals surface area (Å²) in [5, 5.41) is 2.99. The van der Waals surface area contributed by atoms with Gasteiger partial charge in [-0.2, -0.15) is 0 Å². The van der Waals surface area contributed by atoms with E-state index in [0.717, 1.165) is 24.1 Å². The Bertz CT molecular complexity index is 771. The predicted molar refractivity (Wildman–Crippen MR) is 102 cm³/mol. The lowest BCUT2D eigenvalue weighted by atomic mass is 9.97. The molecule has 0 bridgehead atoms. The van der Waals surface area contributed by atoms with Crippen molar-refractivity contribution in [3.05, 3.63) is 65.5 Å². The number of hydrogen-bond donors (Lipinski definition) is 1. The van der Waals surface area contributed by atoms with Gasteiger partial charge in [0.15, 0.2) is 0 Å². The summed E-state index contributed by atoms with van der Waals surface area (Å²) >= 11 is 0. The van der Waals surface area contributed by atoms with Gasteiger partial charge in [0.25, 0.3) is 5.91 Å². The Morgan fingerprint density at radius 2 is 1.93 bits per heavy atom. The number of carbonyl (C=O) groups is 2. The first kappa shape index (κ1) is 18.9. The quantitative estimate of drug-likeness (QED) is 0.881. The van der Waals surface area contributed by atoms with Crippen LogP contribution in [0.15, 0.2) is 48.7 Å². The largest absolute Gasteiger partial charge is 0.445 e. The van der Waals surface area contributed by atoms with E-state index >= 15 is 0 Å². The standard InChI is InChI=1S/C21H25N3O3/c1-16-13-19(7-10-22-16)20(25)23-14-17-8-11-24(12-9-17)21(26)27-15-18-5-3-2-4-6-18/h2-7,10,13,17H,8-9,11-12,14-15H2,1H3,(H,23,25). The summed E-state index contributed by atoms with van der Waals surface area (Å²) in [5.41, 5.74) is 2.43. The van der Waals surface area contributed by atoms with E-state index in [1.165, 1.54) is 0 Å². The Balaban J connectivity index is 1.38. The lowest BCUT2D eigenvalue weighted by Gasteiger charge is -2.31. The number of nitrogens with zero attached hydrogens (tertiary/aromatic N) is 2. The molecule has 0 aliphatic carbocycles. The van der Waals surface area contributed by atoms with Crippen LogP contribution < -0.4 is 5.32 Å². The van der Waals surface area contributed by atoms with Gasteiger partial charge in [0.05, 0.1) is 0 Å². The molecule has 1 aromatic carbocycles. The van der Waals surface area contributed by atoms with E-state index < -0.39 is 0 Å². The number of ether oxygens (including phenoxy) is 1. The molecule has 0 spiro atoms. The van der Waals surface area contributed by atoms with Crippen LogP contribution in [-0.2, 0) is 11.3 Å². The second-order valence-corrected chi connectivity index (χ2v) is 6.87. The highest BCUT2D eigenvalue weighted by molar-refractivity contribution is 5.94. The minimum atomic E-state index is -0.270. The van der Waals surface area contributed by atoms with Crippen molar-refractivity contribution in [3.8, 4) is 0 Å². The van der Waals surface area contributed by atoms with E-state index in [9.17, 15) is 9.59 Å². The number of aryl methyl sites for hydroxylation is 1. The average molecular weight is 367 g/mol. The first-order valence-electron chi connectivity index (χ1n) is 9.28. The molecular weight excluding hydrogens is 342 g/mol. The van der Waals surface area contributed by atoms with E-state index in [-0.39, 0.29) is 12.0 Å². The zero-order chi connectivity index (χ0) is 19.1. The van der Waals surface area contributed by atoms with E-state index in [2.05, 4.69) is 10.3 Å². The van der Waals surface area contributed by atoms with Crippen LogP contribution in [0.25, 0.3) is 0 Å². The Morgan fingerprint density at radius 1 is 1.19 bits per heavy atom. The summed E-state index contributed by atoms with van der Waals surface area (Å²) in [5.74, 6) is 0.292. The molecule has 0 radical (unpaired) electrons. The molecule has 1 N–H and O–H groups in total. The molecule has 1 saturated heterocycles. The number of pyridine rings is 1. The van der Waals surface area contributed by atoms with Gasteiger partial charge in [-0.05, 0) is 43.4 Å². The van der Waals surface area contributed by atoms with Crippen LogP contribution in [0.5, 0.6) is 0 Å². The van der Waals surface area contributed by atoms with Crippen LogP contribution in [0.2, 0.25) is 0 Å². The van der Waals surface area contributed by atoms with E-state index in [4.69, 9.17) is 4.74 Å². The van der Waals surface area contributed by atoms with Gasteiger partial charge in [-0.15, -0.1) is 0 Å². The lowest BCUT2D eigenvalue weighted by Crippen LogP contribution is -2.41. The maximum atomic E-state index is 12.2. The third-order valence-corrected chi connectivity index (χ3v) is 4.79. The molecule has 1 aliphatic heterocycles. The summed E-state index contributed by atoms with van der Waals surface area (Å²) in [7, 11) is 0. The normalized spacial score (nSPS) is 14.6. The number of benzene rings is 1. The topological polar surface area (TPSA) is 71.5 Å². The molecule has 2 amide bonds. The van der Waals surface area contributed by atoms with Crippen LogP contribution in [-0.4, -0.2) is 41.5 Å². The highest BCUT2D eigenvalue weighted by Gasteiger charge is 2.24. The van der Waals surface area contributed by atoms with Crippen LogP contribution in [0, 0.1) is 12.8 Å². The molecule has 0 unspecified atom stereocenters. The van der Waals surface area contributed by atoms with Crippen LogP contribution in [0.1, 0.15) is 34.5 Å². The van der Waals surface area contributed by atoms with Gasteiger partial charge in [-0.25, -0.2) is 4.79 Å². The molecule has 0 atom stereocenters. The zero-order valence-electron chi connectivity index (χ0n) is 15.6. The van der Waals surface area contributed by atoms with Crippen LogP contribution >= 0.6 is 0 Å². The molecular formula is C21H25N3O3. The molecule has 142 valence electrons. The predicted octanol–water partition coefficient (Wildman–Crippen LogP) is 3.17. The molecule has 2 aromatic rings. The molecule has 0 saturated carbocycles. The van der Waals surface area contributed by atoms with Crippen molar-refractivity contribution in [2.75, 3.05) is 19.6 Å². The molecule has 6 nitrogen and oxygen atoms in total. The third-order valence-electron chi connectivity index (χ3n) is 4.79. The third kappa shape index (κ3) is 5.54. The molecule has 3 rings (SSSR count). The minimum absolute atomic E-state index is 0.0785. The van der Waals surface area contributed by atoms with Crippen molar-refractivity contribution in [2.45, 2.75) is 26.4 Å². The Hall–Kier alpha value is -2.89. The highest BCUT2D eigenvalue weighted by Crippen LogP contribution is 2.18. The molecule has 6 heteroatoms. The van der Waals surface area contributed by atoms with Crippen molar-refractivity contribution in [3.63, 3.8) is 0 Å². The van der Waals surface area contributed by atoms with Crippen molar-refractivity contribution >= 4 is 12.0 Å². The highest BCUT2D eigenvalue weighted by atomic mass is 16.6. The fraction of sp³-hybridized carbons (Fsp3) is 0.381. The number of likely N-dealkylation sites (tertiary alicyclic amines) is 1. The SMILES string of the molecule is Cc1cc(C(=O)NCC2CCN(C(=O)OCc3ccccc3)CC2)ccn1. The maximum Gasteiger partial charge on any atom is 0.410 e. The fourth-order valence-corrected chi connectivity index (χ4v) is 3.16. The van der Waals surface area contributed by atoms with E-state index in [1.54, 1.807) is 23.2 Å². The van der Waals surface area contributed by atoms with E-state index in [0.29, 0.717) is 37.7 Å². The van der Waals surface area contributed by atoms with Crippen molar-refractivity contribution < 1.29 is 14.3 Å². The van der Waals surface area contributed by atoms with Gasteiger partial charge < -0.3 is 15.0 Å². The van der Waals surface area contributed by atoms with Gasteiger partial charge >= 0.3 is 6.09 Å². The number of rotatable bonds is 5. The lowest BCUT2D eigenvalue weighted by molar-refractivity contribution is 0.0801. The maximum absolute atomic E-state index is 12.2. The number of amides is 2. The van der Waals surface area contributed by atoms with Gasteiger partial charge in [0.1, 0.15) is 6.61 Å². The number of aromatic nitrogens is 1. The molecule has 2 heterocycles. The van der Waals surface area contributed by atoms with Gasteiger partial charge in [-0.1, -0.05) is 30.3 Å². The smallest absolute Gasteiger partial charge is 0.410 e. The Morgan fingerprint density at radius 3 is 2.63 bits per heavy atom. The van der Waals surface area contributed by atoms with E-state index in [1.807, 2.05) is 37.3 Å². The number of piperidine rings is 1. The molecule has 1 aromatic heterocycles. The van der Waals surface area contributed by atoms with Gasteiger partial charge in [0, 0.05) is 37.1 Å². The van der Waals surface area contributed by atoms with Crippen LogP contribution in [0.4, 0.5) is 4.79 Å². The van der Waals surface area contributed by atoms with Crippen LogP contribution in [0.3, 0.4) is 0 Å². The number of nitrogens with one attached hydrogen (secondary N) is 1. The number of carbonyl (C=O) groups excluding carboxylic acids is 2. The number of hydrogen-bond acceptors (Lipinski definition) is 4. The summed E-state index contributed by atoms with van der Waals surface area (Å²) in [6.07, 6.45) is 3.09. The zero-order valence-corrected chi connectivity index (χ0v) is 15.6. The molecule has 1 fully saturated rings. The first-order chi connectivity index (χ1) is 13.1. The summed E-state index contributed by atoms with van der Waals surface area (Å²) in [6.45, 7) is 4.09. The van der Waals surface area contributed by atoms with Gasteiger partial charge in [-0.3, -0.25) is 9.78 Å². The van der Waals surface area contributed by atoms with Crippen molar-refractivity contribution in [2.24, 2.45) is 5.92 Å². The summed E-state index contributed by atoms with van der Waals surface area (Å²) in [4.78, 5) is 30.2. The average Bonchev–Trinajstić information content (AvgIpc) is 2.71. The minimum Gasteiger partial charge on any atom is -0.445 e. The second kappa shape index (κ2) is 9.16. The second-order valence-electron chi connectivity index (χ2n) is 6.87. The first-order valence-corrected chi connectivity index (χ1v) is 9.28. The van der Waals surface area contributed by atoms with Gasteiger partial charge in [0.2, 0.25) is 0 Å². The van der Waals surface area contributed by atoms with Crippen molar-refractivity contribution in [1.82, 2.24) is 15.2 Å².